The Morgan fingerprint density at radius 3 is 2.68 bits per heavy atom. The van der Waals surface area contributed by atoms with E-state index in [1.807, 2.05) is 6.20 Å². The van der Waals surface area contributed by atoms with E-state index in [2.05, 4.69) is 30.0 Å². The molecule has 0 amide bonds. The molecule has 1 aromatic heterocycles. The van der Waals surface area contributed by atoms with Crippen LogP contribution < -0.4 is 4.74 Å². The van der Waals surface area contributed by atoms with Gasteiger partial charge in [-0.2, -0.15) is 0 Å². The lowest BCUT2D eigenvalue weighted by atomic mass is 9.97. The number of methoxy groups -OCH3 is 1. The topological polar surface area (TPSA) is 25.4 Å². The summed E-state index contributed by atoms with van der Waals surface area (Å²) in [6, 6.07) is 2.11. The molecule has 3 heteroatoms. The lowest BCUT2D eigenvalue weighted by molar-refractivity contribution is 0.412. The molecule has 1 aromatic rings. The van der Waals surface area contributed by atoms with Crippen molar-refractivity contribution < 1.29 is 4.74 Å². The molecule has 2 rings (SSSR count). The van der Waals surface area contributed by atoms with Gasteiger partial charge in [-0.1, -0.05) is 12.0 Å². The van der Waals surface area contributed by atoms with Crippen LogP contribution in [0, 0.1) is 0 Å². The maximum absolute atomic E-state index is 5.30. The molecule has 3 nitrogen and oxygen atoms in total. The molecule has 1 heterocycles. The van der Waals surface area contributed by atoms with Crippen LogP contribution in [0.3, 0.4) is 0 Å². The SMILES string of the molecule is COc1cncc(C2=C(CN(C)C)CCCCC2)c1. The summed E-state index contributed by atoms with van der Waals surface area (Å²) in [6.07, 6.45) is 10.0. The molecule has 19 heavy (non-hydrogen) atoms. The molecule has 0 radical (unpaired) electrons. The third kappa shape index (κ3) is 3.80. The van der Waals surface area contributed by atoms with Gasteiger partial charge in [0.25, 0.3) is 0 Å². The molecule has 0 N–H and O–H groups in total. The number of rotatable bonds is 4. The fourth-order valence-corrected chi connectivity index (χ4v) is 2.74. The third-order valence-corrected chi connectivity index (χ3v) is 3.64. The number of ether oxygens (including phenoxy) is 1. The van der Waals surface area contributed by atoms with Crippen LogP contribution in [0.25, 0.3) is 5.57 Å². The van der Waals surface area contributed by atoms with E-state index < -0.39 is 0 Å². The Labute approximate surface area is 116 Å². The third-order valence-electron chi connectivity index (χ3n) is 3.64. The van der Waals surface area contributed by atoms with Crippen molar-refractivity contribution in [2.24, 2.45) is 0 Å². The molecule has 104 valence electrons. The molecule has 0 spiro atoms. The normalized spacial score (nSPS) is 16.6. The largest absolute Gasteiger partial charge is 0.495 e. The minimum Gasteiger partial charge on any atom is -0.495 e. The van der Waals surface area contributed by atoms with Crippen LogP contribution in [0.5, 0.6) is 5.75 Å². The van der Waals surface area contributed by atoms with E-state index in [1.54, 1.807) is 18.9 Å². The van der Waals surface area contributed by atoms with Gasteiger partial charge in [0.2, 0.25) is 0 Å². The average Bonchev–Trinajstić information content (AvgIpc) is 2.63. The van der Waals surface area contributed by atoms with Crippen molar-refractivity contribution in [2.75, 3.05) is 27.7 Å². The van der Waals surface area contributed by atoms with Crippen molar-refractivity contribution >= 4 is 5.57 Å². The first kappa shape index (κ1) is 14.1. The van der Waals surface area contributed by atoms with Crippen molar-refractivity contribution in [1.29, 1.82) is 0 Å². The van der Waals surface area contributed by atoms with Gasteiger partial charge in [-0.3, -0.25) is 4.98 Å². The number of hydrogen-bond donors (Lipinski definition) is 0. The summed E-state index contributed by atoms with van der Waals surface area (Å²) in [6.45, 7) is 1.05. The number of likely N-dealkylation sites (N-methyl/N-ethyl adjacent to an activating group) is 1. The van der Waals surface area contributed by atoms with E-state index in [-0.39, 0.29) is 0 Å². The Balaban J connectivity index is 2.36. The zero-order valence-corrected chi connectivity index (χ0v) is 12.3. The summed E-state index contributed by atoms with van der Waals surface area (Å²) in [5, 5.41) is 0. The number of pyridine rings is 1. The van der Waals surface area contributed by atoms with E-state index in [4.69, 9.17) is 4.74 Å². The summed E-state index contributed by atoms with van der Waals surface area (Å²) in [7, 11) is 5.97. The van der Waals surface area contributed by atoms with Gasteiger partial charge in [-0.15, -0.1) is 0 Å². The smallest absolute Gasteiger partial charge is 0.137 e. The van der Waals surface area contributed by atoms with Gasteiger partial charge in [0, 0.05) is 12.7 Å². The van der Waals surface area contributed by atoms with Crippen molar-refractivity contribution in [1.82, 2.24) is 9.88 Å². The van der Waals surface area contributed by atoms with Crippen molar-refractivity contribution in [3.8, 4) is 5.75 Å². The van der Waals surface area contributed by atoms with Crippen LogP contribution in [0.4, 0.5) is 0 Å². The fraction of sp³-hybridized carbons (Fsp3) is 0.562. The average molecular weight is 260 g/mol. The van der Waals surface area contributed by atoms with E-state index >= 15 is 0 Å². The Morgan fingerprint density at radius 1 is 1.16 bits per heavy atom. The highest BCUT2D eigenvalue weighted by molar-refractivity contribution is 5.69. The van der Waals surface area contributed by atoms with Crippen molar-refractivity contribution in [2.45, 2.75) is 32.1 Å². The Morgan fingerprint density at radius 2 is 1.95 bits per heavy atom. The highest BCUT2D eigenvalue weighted by atomic mass is 16.5. The zero-order valence-electron chi connectivity index (χ0n) is 12.3. The minimum absolute atomic E-state index is 0.846. The first-order chi connectivity index (χ1) is 9.20. The van der Waals surface area contributed by atoms with E-state index in [9.17, 15) is 0 Å². The standard InChI is InChI=1S/C16H24N2O/c1-18(2)12-13-7-5-4-6-8-16(13)14-9-15(19-3)11-17-10-14/h9-11H,4-8,12H2,1-3H3. The van der Waals surface area contributed by atoms with Gasteiger partial charge < -0.3 is 9.64 Å². The van der Waals surface area contributed by atoms with Crippen molar-refractivity contribution in [3.63, 3.8) is 0 Å². The predicted molar refractivity (Wildman–Crippen MR) is 79.3 cm³/mol. The van der Waals surface area contributed by atoms with Crippen molar-refractivity contribution in [3.05, 3.63) is 29.6 Å². The molecule has 0 aromatic carbocycles. The highest BCUT2D eigenvalue weighted by Gasteiger charge is 2.14. The van der Waals surface area contributed by atoms with Crippen LogP contribution in [0.15, 0.2) is 24.0 Å². The maximum atomic E-state index is 5.30. The monoisotopic (exact) mass is 260 g/mol. The van der Waals surface area contributed by atoms with Gasteiger partial charge in [0.15, 0.2) is 0 Å². The molecular weight excluding hydrogens is 236 g/mol. The quantitative estimate of drug-likeness (QED) is 0.830. The van der Waals surface area contributed by atoms with E-state index in [0.717, 1.165) is 18.7 Å². The molecule has 0 saturated carbocycles. The van der Waals surface area contributed by atoms with Gasteiger partial charge in [0.1, 0.15) is 5.75 Å². The lowest BCUT2D eigenvalue weighted by Crippen LogP contribution is -2.16. The van der Waals surface area contributed by atoms with Crippen LogP contribution >= 0.6 is 0 Å². The van der Waals surface area contributed by atoms with Crippen LogP contribution in [0.2, 0.25) is 0 Å². The summed E-state index contributed by atoms with van der Waals surface area (Å²) in [5.41, 5.74) is 4.29. The second-order valence-corrected chi connectivity index (χ2v) is 5.49. The number of allylic oxidation sites excluding steroid dienone is 1. The molecule has 0 fully saturated rings. The number of nitrogens with zero attached hydrogens (tertiary/aromatic N) is 2. The predicted octanol–water partition coefficient (Wildman–Crippen LogP) is 3.37. The van der Waals surface area contributed by atoms with Gasteiger partial charge in [0.05, 0.1) is 13.3 Å². The number of aromatic nitrogens is 1. The first-order valence-electron chi connectivity index (χ1n) is 7.05. The second-order valence-electron chi connectivity index (χ2n) is 5.49. The summed E-state index contributed by atoms with van der Waals surface area (Å²) >= 11 is 0. The van der Waals surface area contributed by atoms with E-state index in [0.29, 0.717) is 0 Å². The second kappa shape index (κ2) is 6.71. The van der Waals surface area contributed by atoms with Gasteiger partial charge in [-0.05, 0) is 57.0 Å². The number of hydrogen-bond acceptors (Lipinski definition) is 3. The maximum Gasteiger partial charge on any atom is 0.137 e. The highest BCUT2D eigenvalue weighted by Crippen LogP contribution is 2.32. The summed E-state index contributed by atoms with van der Waals surface area (Å²) in [4.78, 5) is 6.56. The molecule has 0 saturated heterocycles. The zero-order chi connectivity index (χ0) is 13.7. The van der Waals surface area contributed by atoms with Crippen LogP contribution in [-0.4, -0.2) is 37.6 Å². The Bertz CT molecular complexity index is 452. The molecular formula is C16H24N2O. The Kier molecular flexibility index (Phi) is 4.97. The summed E-state index contributed by atoms with van der Waals surface area (Å²) in [5.74, 6) is 0.846. The van der Waals surface area contributed by atoms with Crippen LogP contribution in [0.1, 0.15) is 37.7 Å². The minimum atomic E-state index is 0.846. The molecule has 0 atom stereocenters. The van der Waals surface area contributed by atoms with Gasteiger partial charge >= 0.3 is 0 Å². The Hall–Kier alpha value is -1.35. The fourth-order valence-electron chi connectivity index (χ4n) is 2.74. The van der Waals surface area contributed by atoms with Crippen LogP contribution in [-0.2, 0) is 0 Å². The molecule has 0 bridgehead atoms. The molecule has 1 aliphatic rings. The lowest BCUT2D eigenvalue weighted by Gasteiger charge is -2.17. The van der Waals surface area contributed by atoms with Gasteiger partial charge in [-0.25, -0.2) is 0 Å². The molecule has 0 unspecified atom stereocenters. The molecule has 1 aliphatic carbocycles. The van der Waals surface area contributed by atoms with E-state index in [1.165, 1.54) is 36.8 Å². The first-order valence-corrected chi connectivity index (χ1v) is 7.05. The summed E-state index contributed by atoms with van der Waals surface area (Å²) < 4.78 is 5.30. The molecule has 0 aliphatic heterocycles.